The van der Waals surface area contributed by atoms with Gasteiger partial charge in [0.25, 0.3) is 0 Å². The van der Waals surface area contributed by atoms with Crippen molar-refractivity contribution in [2.45, 2.75) is 12.5 Å². The Bertz CT molecular complexity index is 409. The molecule has 0 spiro atoms. The smallest absolute Gasteiger partial charge is 0.320 e. The molecule has 88 valence electrons. The number of halogens is 2. The van der Waals surface area contributed by atoms with Crippen molar-refractivity contribution in [3.05, 3.63) is 29.3 Å². The summed E-state index contributed by atoms with van der Waals surface area (Å²) in [6.45, 7) is 0. The van der Waals surface area contributed by atoms with E-state index in [2.05, 4.69) is 4.74 Å². The summed E-state index contributed by atoms with van der Waals surface area (Å²) in [6.07, 6.45) is -0.276. The van der Waals surface area contributed by atoms with Crippen LogP contribution >= 0.6 is 0 Å². The van der Waals surface area contributed by atoms with Gasteiger partial charge >= 0.3 is 5.97 Å². The average molecular weight is 231 g/mol. The van der Waals surface area contributed by atoms with E-state index >= 15 is 0 Å². The van der Waals surface area contributed by atoms with Crippen LogP contribution in [0.3, 0.4) is 0 Å². The standard InChI is InChI=1S/C10H11F2NO3/c1-16-7-3-2-5(8(11)9(7)12)4-6(13)10(14)15/h2-3,6H,4,13H2,1H3,(H,14,15)/t6-/m0/s1. The topological polar surface area (TPSA) is 72.5 Å². The fourth-order valence-corrected chi connectivity index (χ4v) is 1.21. The van der Waals surface area contributed by atoms with E-state index < -0.39 is 23.6 Å². The number of carboxylic acid groups (broad SMARTS) is 1. The van der Waals surface area contributed by atoms with Crippen molar-refractivity contribution in [3.63, 3.8) is 0 Å². The average Bonchev–Trinajstić information content (AvgIpc) is 2.25. The Labute approximate surface area is 90.6 Å². The van der Waals surface area contributed by atoms with Gasteiger partial charge in [0.2, 0.25) is 5.82 Å². The summed E-state index contributed by atoms with van der Waals surface area (Å²) in [6, 6.07) is 1.21. The highest BCUT2D eigenvalue weighted by atomic mass is 19.2. The minimum Gasteiger partial charge on any atom is -0.494 e. The maximum Gasteiger partial charge on any atom is 0.320 e. The van der Waals surface area contributed by atoms with Crippen LogP contribution in [0.4, 0.5) is 8.78 Å². The van der Waals surface area contributed by atoms with E-state index in [-0.39, 0.29) is 17.7 Å². The van der Waals surface area contributed by atoms with Gasteiger partial charge in [-0.2, -0.15) is 4.39 Å². The molecular formula is C10H11F2NO3. The van der Waals surface area contributed by atoms with Gasteiger partial charge in [-0.1, -0.05) is 6.07 Å². The summed E-state index contributed by atoms with van der Waals surface area (Å²) >= 11 is 0. The van der Waals surface area contributed by atoms with Crippen molar-refractivity contribution in [1.82, 2.24) is 0 Å². The zero-order chi connectivity index (χ0) is 12.3. The number of methoxy groups -OCH3 is 1. The Hall–Kier alpha value is -1.69. The zero-order valence-corrected chi connectivity index (χ0v) is 8.54. The molecule has 0 saturated heterocycles. The molecule has 3 N–H and O–H groups in total. The lowest BCUT2D eigenvalue weighted by molar-refractivity contribution is -0.138. The molecule has 0 heterocycles. The Kier molecular flexibility index (Phi) is 3.78. The third-order valence-corrected chi connectivity index (χ3v) is 2.10. The number of benzene rings is 1. The number of hydrogen-bond acceptors (Lipinski definition) is 3. The minimum absolute atomic E-state index is 0.0896. The molecule has 1 aromatic rings. The fourth-order valence-electron chi connectivity index (χ4n) is 1.21. The van der Waals surface area contributed by atoms with Crippen molar-refractivity contribution in [1.29, 1.82) is 0 Å². The number of hydrogen-bond donors (Lipinski definition) is 2. The number of rotatable bonds is 4. The first-order chi connectivity index (χ1) is 7.47. The largest absolute Gasteiger partial charge is 0.494 e. The summed E-state index contributed by atoms with van der Waals surface area (Å²) in [5, 5.41) is 8.54. The lowest BCUT2D eigenvalue weighted by Crippen LogP contribution is -2.32. The molecule has 4 nitrogen and oxygen atoms in total. The van der Waals surface area contributed by atoms with Crippen LogP contribution in [0.1, 0.15) is 5.56 Å². The number of carbonyl (C=O) groups is 1. The number of ether oxygens (including phenoxy) is 1. The monoisotopic (exact) mass is 231 g/mol. The van der Waals surface area contributed by atoms with Crippen molar-refractivity contribution in [2.24, 2.45) is 5.73 Å². The Balaban J connectivity index is 2.99. The van der Waals surface area contributed by atoms with Gasteiger partial charge in [-0.05, 0) is 11.6 Å². The second-order valence-electron chi connectivity index (χ2n) is 3.20. The van der Waals surface area contributed by atoms with Crippen LogP contribution in [0, 0.1) is 11.6 Å². The third kappa shape index (κ3) is 2.46. The second-order valence-corrected chi connectivity index (χ2v) is 3.20. The molecule has 0 amide bonds. The van der Waals surface area contributed by atoms with Gasteiger partial charge in [-0.15, -0.1) is 0 Å². The fraction of sp³-hybridized carbons (Fsp3) is 0.300. The Morgan fingerprint density at radius 1 is 1.50 bits per heavy atom. The highest BCUT2D eigenvalue weighted by Gasteiger charge is 2.18. The molecule has 16 heavy (non-hydrogen) atoms. The van der Waals surface area contributed by atoms with Gasteiger partial charge < -0.3 is 15.6 Å². The van der Waals surface area contributed by atoms with Gasteiger partial charge in [0, 0.05) is 6.42 Å². The quantitative estimate of drug-likeness (QED) is 0.808. The van der Waals surface area contributed by atoms with Crippen molar-refractivity contribution >= 4 is 5.97 Å². The van der Waals surface area contributed by atoms with Crippen LogP contribution in [-0.4, -0.2) is 24.2 Å². The molecule has 6 heteroatoms. The first kappa shape index (κ1) is 12.4. The molecule has 0 aliphatic heterocycles. The molecule has 0 aliphatic carbocycles. The van der Waals surface area contributed by atoms with Gasteiger partial charge in [0.05, 0.1) is 7.11 Å². The van der Waals surface area contributed by atoms with E-state index in [0.717, 1.165) is 0 Å². The predicted octanol–water partition coefficient (Wildman–Crippen LogP) is 0.928. The first-order valence-electron chi connectivity index (χ1n) is 4.46. The summed E-state index contributed by atoms with van der Waals surface area (Å²) in [5.41, 5.74) is 5.13. The van der Waals surface area contributed by atoms with Gasteiger partial charge in [-0.3, -0.25) is 4.79 Å². The van der Waals surface area contributed by atoms with Crippen LogP contribution in [0.2, 0.25) is 0 Å². The molecule has 1 aromatic carbocycles. The SMILES string of the molecule is COc1ccc(C[C@H](N)C(=O)O)c(F)c1F. The zero-order valence-electron chi connectivity index (χ0n) is 8.54. The maximum atomic E-state index is 13.4. The van der Waals surface area contributed by atoms with Crippen molar-refractivity contribution in [2.75, 3.05) is 7.11 Å². The highest BCUT2D eigenvalue weighted by molar-refractivity contribution is 5.73. The number of aliphatic carboxylic acids is 1. The number of carboxylic acids is 1. The van der Waals surface area contributed by atoms with Crippen molar-refractivity contribution < 1.29 is 23.4 Å². The molecule has 0 unspecified atom stereocenters. The lowest BCUT2D eigenvalue weighted by atomic mass is 10.1. The molecule has 1 rings (SSSR count). The van der Waals surface area contributed by atoms with Crippen LogP contribution in [0.25, 0.3) is 0 Å². The molecule has 1 atom stereocenters. The van der Waals surface area contributed by atoms with Crippen LogP contribution < -0.4 is 10.5 Å². The van der Waals surface area contributed by atoms with E-state index in [1.807, 2.05) is 0 Å². The highest BCUT2D eigenvalue weighted by Crippen LogP contribution is 2.22. The van der Waals surface area contributed by atoms with Gasteiger partial charge in [0.15, 0.2) is 11.6 Å². The van der Waals surface area contributed by atoms with Crippen LogP contribution in [-0.2, 0) is 11.2 Å². The van der Waals surface area contributed by atoms with Crippen LogP contribution in [0.15, 0.2) is 12.1 Å². The third-order valence-electron chi connectivity index (χ3n) is 2.10. The summed E-state index contributed by atoms with van der Waals surface area (Å²) in [7, 11) is 1.21. The molecule has 0 aliphatic rings. The molecule has 0 bridgehead atoms. The molecule has 0 aromatic heterocycles. The van der Waals surface area contributed by atoms with Crippen LogP contribution in [0.5, 0.6) is 5.75 Å². The van der Waals surface area contributed by atoms with Crippen molar-refractivity contribution in [3.8, 4) is 5.75 Å². The van der Waals surface area contributed by atoms with E-state index in [9.17, 15) is 13.6 Å². The number of nitrogens with two attached hydrogens (primary N) is 1. The summed E-state index contributed by atoms with van der Waals surface area (Å²) < 4.78 is 31.2. The second kappa shape index (κ2) is 4.89. The minimum atomic E-state index is -1.27. The molecular weight excluding hydrogens is 220 g/mol. The molecule has 0 radical (unpaired) electrons. The Morgan fingerprint density at radius 3 is 2.62 bits per heavy atom. The molecule has 0 fully saturated rings. The molecule has 0 saturated carbocycles. The lowest BCUT2D eigenvalue weighted by Gasteiger charge is -2.09. The van der Waals surface area contributed by atoms with E-state index in [1.165, 1.54) is 19.2 Å². The van der Waals surface area contributed by atoms with E-state index in [4.69, 9.17) is 10.8 Å². The van der Waals surface area contributed by atoms with Gasteiger partial charge in [-0.25, -0.2) is 4.39 Å². The summed E-state index contributed by atoms with van der Waals surface area (Å²) in [4.78, 5) is 10.5. The van der Waals surface area contributed by atoms with E-state index in [0.29, 0.717) is 0 Å². The normalized spacial score (nSPS) is 12.2. The summed E-state index contributed by atoms with van der Waals surface area (Å²) in [5.74, 6) is -3.77. The predicted molar refractivity (Wildman–Crippen MR) is 52.2 cm³/mol. The van der Waals surface area contributed by atoms with Gasteiger partial charge in [0.1, 0.15) is 6.04 Å². The Morgan fingerprint density at radius 2 is 2.12 bits per heavy atom. The first-order valence-corrected chi connectivity index (χ1v) is 4.46. The van der Waals surface area contributed by atoms with E-state index in [1.54, 1.807) is 0 Å². The maximum absolute atomic E-state index is 13.4.